The minimum atomic E-state index is -4.37. The Labute approximate surface area is 91.6 Å². The molecule has 0 aliphatic rings. The number of carbonyl (C=O) groups is 1. The van der Waals surface area contributed by atoms with E-state index in [-0.39, 0.29) is 0 Å². The molecule has 1 nitrogen and oxygen atoms in total. The number of halogens is 6. The maximum atomic E-state index is 12.8. The van der Waals surface area contributed by atoms with Crippen molar-refractivity contribution in [2.75, 3.05) is 0 Å². The molecule has 7 heteroatoms. The van der Waals surface area contributed by atoms with E-state index in [4.69, 9.17) is 23.2 Å². The standard InChI is InChI=1S/C8H2Cl2F4O/c9-4-1-3(2-5(10)6(4)11)8(13,14)7(12)15/h1-2H. The number of alkyl halides is 2. The van der Waals surface area contributed by atoms with Gasteiger partial charge in [-0.2, -0.15) is 13.2 Å². The van der Waals surface area contributed by atoms with Crippen LogP contribution in [-0.2, 0) is 10.7 Å². The highest BCUT2D eigenvalue weighted by Crippen LogP contribution is 2.35. The quantitative estimate of drug-likeness (QED) is 0.450. The first-order chi connectivity index (χ1) is 6.76. The summed E-state index contributed by atoms with van der Waals surface area (Å²) < 4.78 is 50.4. The van der Waals surface area contributed by atoms with Gasteiger partial charge in [-0.15, -0.1) is 0 Å². The van der Waals surface area contributed by atoms with Crippen molar-refractivity contribution < 1.29 is 22.4 Å². The second-order valence-electron chi connectivity index (χ2n) is 2.60. The van der Waals surface area contributed by atoms with E-state index in [0.29, 0.717) is 12.1 Å². The van der Waals surface area contributed by atoms with E-state index in [9.17, 15) is 22.4 Å². The maximum absolute atomic E-state index is 12.8. The molecular weight excluding hydrogens is 259 g/mol. The van der Waals surface area contributed by atoms with E-state index in [1.165, 1.54) is 0 Å². The molecule has 0 atom stereocenters. The molecule has 0 amide bonds. The van der Waals surface area contributed by atoms with E-state index in [1.807, 2.05) is 0 Å². The van der Waals surface area contributed by atoms with Crippen LogP contribution >= 0.6 is 23.2 Å². The van der Waals surface area contributed by atoms with Gasteiger partial charge in [0.2, 0.25) is 0 Å². The normalized spacial score (nSPS) is 11.6. The van der Waals surface area contributed by atoms with Crippen molar-refractivity contribution in [3.05, 3.63) is 33.6 Å². The molecule has 1 aromatic rings. The lowest BCUT2D eigenvalue weighted by molar-refractivity contribution is -0.157. The average Bonchev–Trinajstić information content (AvgIpc) is 2.13. The van der Waals surface area contributed by atoms with Gasteiger partial charge in [0.25, 0.3) is 0 Å². The van der Waals surface area contributed by atoms with Gasteiger partial charge in [0.1, 0.15) is 0 Å². The number of carbonyl (C=O) groups excluding carboxylic acids is 1. The summed E-state index contributed by atoms with van der Waals surface area (Å²) in [4.78, 5) is 9.98. The number of rotatable bonds is 2. The van der Waals surface area contributed by atoms with Crippen LogP contribution < -0.4 is 0 Å². The summed E-state index contributed by atoms with van der Waals surface area (Å²) in [6, 6.07) is -1.97. The molecule has 0 bridgehead atoms. The Bertz CT molecular complexity index is 396. The Hall–Kier alpha value is -0.810. The van der Waals surface area contributed by atoms with Crippen molar-refractivity contribution >= 4 is 29.2 Å². The lowest BCUT2D eigenvalue weighted by Crippen LogP contribution is -2.22. The zero-order valence-electron chi connectivity index (χ0n) is 6.83. The molecule has 0 heterocycles. The molecule has 0 aromatic heterocycles. The van der Waals surface area contributed by atoms with Crippen LogP contribution in [0.5, 0.6) is 0 Å². The number of hydrogen-bond donors (Lipinski definition) is 0. The fourth-order valence-electron chi connectivity index (χ4n) is 0.850. The molecule has 82 valence electrons. The highest BCUT2D eigenvalue weighted by Gasteiger charge is 2.42. The third kappa shape index (κ3) is 2.23. The van der Waals surface area contributed by atoms with Gasteiger partial charge in [0, 0.05) is 5.56 Å². The molecular formula is C8H2Cl2F4O. The molecule has 0 fully saturated rings. The van der Waals surface area contributed by atoms with E-state index in [2.05, 4.69) is 0 Å². The summed E-state index contributed by atoms with van der Waals surface area (Å²) >= 11 is 10.4. The summed E-state index contributed by atoms with van der Waals surface area (Å²) in [5.74, 6) is -5.48. The van der Waals surface area contributed by atoms with Gasteiger partial charge in [-0.3, -0.25) is 4.79 Å². The second kappa shape index (κ2) is 3.98. The van der Waals surface area contributed by atoms with Crippen molar-refractivity contribution in [2.24, 2.45) is 0 Å². The zero-order chi connectivity index (χ0) is 11.8. The van der Waals surface area contributed by atoms with Crippen LogP contribution in [0.25, 0.3) is 0 Å². The van der Waals surface area contributed by atoms with Crippen LogP contribution in [0.1, 0.15) is 5.56 Å². The Kier molecular flexibility index (Phi) is 3.25. The number of benzene rings is 1. The summed E-state index contributed by atoms with van der Waals surface area (Å²) in [7, 11) is 0. The Morgan fingerprint density at radius 3 is 1.93 bits per heavy atom. The van der Waals surface area contributed by atoms with Crippen LogP contribution in [0.15, 0.2) is 12.1 Å². The van der Waals surface area contributed by atoms with Crippen LogP contribution in [0.2, 0.25) is 10.0 Å². The minimum absolute atomic E-state index is 0.445. The second-order valence-corrected chi connectivity index (χ2v) is 3.42. The van der Waals surface area contributed by atoms with E-state index >= 15 is 0 Å². The van der Waals surface area contributed by atoms with Gasteiger partial charge in [-0.1, -0.05) is 23.2 Å². The minimum Gasteiger partial charge on any atom is -0.254 e. The molecule has 0 radical (unpaired) electrons. The Morgan fingerprint density at radius 1 is 1.20 bits per heavy atom. The molecule has 0 saturated carbocycles. The summed E-state index contributed by atoms with van der Waals surface area (Å²) in [5, 5.41) is -1.42. The largest absolute Gasteiger partial charge is 0.375 e. The molecule has 15 heavy (non-hydrogen) atoms. The first-order valence-corrected chi connectivity index (χ1v) is 4.25. The average molecular weight is 261 g/mol. The fraction of sp³-hybridized carbons (Fsp3) is 0.125. The first kappa shape index (κ1) is 12.3. The van der Waals surface area contributed by atoms with Crippen molar-refractivity contribution in [1.82, 2.24) is 0 Å². The van der Waals surface area contributed by atoms with Crippen molar-refractivity contribution in [1.29, 1.82) is 0 Å². The zero-order valence-corrected chi connectivity index (χ0v) is 8.34. The van der Waals surface area contributed by atoms with E-state index < -0.39 is 33.4 Å². The van der Waals surface area contributed by atoms with Gasteiger partial charge in [-0.05, 0) is 12.1 Å². The van der Waals surface area contributed by atoms with E-state index in [0.717, 1.165) is 0 Å². The van der Waals surface area contributed by atoms with E-state index in [1.54, 1.807) is 0 Å². The summed E-state index contributed by atoms with van der Waals surface area (Å²) in [6.45, 7) is 0. The van der Waals surface area contributed by atoms with Crippen molar-refractivity contribution in [2.45, 2.75) is 5.92 Å². The van der Waals surface area contributed by atoms with Crippen molar-refractivity contribution in [3.8, 4) is 0 Å². The molecule has 0 unspecified atom stereocenters. The predicted molar refractivity (Wildman–Crippen MR) is 46.4 cm³/mol. The summed E-state index contributed by atoms with van der Waals surface area (Å²) in [6.07, 6.45) is 0. The topological polar surface area (TPSA) is 17.1 Å². The van der Waals surface area contributed by atoms with Gasteiger partial charge in [0.15, 0.2) is 5.82 Å². The van der Waals surface area contributed by atoms with Crippen molar-refractivity contribution in [3.63, 3.8) is 0 Å². The van der Waals surface area contributed by atoms with Crippen LogP contribution in [0.3, 0.4) is 0 Å². The van der Waals surface area contributed by atoms with Crippen LogP contribution in [0.4, 0.5) is 17.6 Å². The van der Waals surface area contributed by atoms with Crippen LogP contribution in [0, 0.1) is 5.82 Å². The highest BCUT2D eigenvalue weighted by molar-refractivity contribution is 6.35. The predicted octanol–water partition coefficient (Wildman–Crippen LogP) is 3.72. The molecule has 0 aliphatic carbocycles. The third-order valence-electron chi connectivity index (χ3n) is 1.59. The summed E-state index contributed by atoms with van der Waals surface area (Å²) in [5.41, 5.74) is -1.09. The highest BCUT2D eigenvalue weighted by atomic mass is 35.5. The smallest absolute Gasteiger partial charge is 0.254 e. The number of hydrogen-bond acceptors (Lipinski definition) is 1. The fourth-order valence-corrected chi connectivity index (χ4v) is 1.34. The Morgan fingerprint density at radius 2 is 1.60 bits per heavy atom. The van der Waals surface area contributed by atoms with Gasteiger partial charge >= 0.3 is 12.0 Å². The lowest BCUT2D eigenvalue weighted by Gasteiger charge is -2.11. The molecule has 0 aliphatic heterocycles. The molecule has 0 spiro atoms. The van der Waals surface area contributed by atoms with Gasteiger partial charge in [0.05, 0.1) is 10.0 Å². The monoisotopic (exact) mass is 260 g/mol. The third-order valence-corrected chi connectivity index (χ3v) is 2.14. The Balaban J connectivity index is 3.34. The van der Waals surface area contributed by atoms with Gasteiger partial charge in [-0.25, -0.2) is 4.39 Å². The molecule has 0 N–H and O–H groups in total. The molecule has 0 saturated heterocycles. The molecule has 1 aromatic carbocycles. The molecule has 1 rings (SSSR count). The lowest BCUT2D eigenvalue weighted by atomic mass is 10.1. The first-order valence-electron chi connectivity index (χ1n) is 3.49. The SMILES string of the molecule is O=C(F)C(F)(F)c1cc(Cl)c(F)c(Cl)c1. The maximum Gasteiger partial charge on any atom is 0.375 e. The van der Waals surface area contributed by atoms with Gasteiger partial charge < -0.3 is 0 Å². The van der Waals surface area contributed by atoms with Crippen LogP contribution in [-0.4, -0.2) is 6.04 Å².